The molecule has 0 spiro atoms. The first-order valence-corrected chi connectivity index (χ1v) is 7.04. The lowest BCUT2D eigenvalue weighted by Gasteiger charge is -2.08. The molecule has 1 aliphatic carbocycles. The van der Waals surface area contributed by atoms with Crippen molar-refractivity contribution in [3.63, 3.8) is 0 Å². The standard InChI is InChI=1S/C14H14BrN3O/c1-9-6-11(4-5-16-9)17-14(19)13-7-10(15)8-18(13)12-2-3-12/h4-8,12H,2-3H2,1H3,(H,16,17,19). The second-order valence-corrected chi connectivity index (χ2v) is 5.74. The zero-order valence-corrected chi connectivity index (χ0v) is 12.1. The van der Waals surface area contributed by atoms with Gasteiger partial charge in [-0.25, -0.2) is 0 Å². The maximum absolute atomic E-state index is 12.3. The number of rotatable bonds is 3. The lowest BCUT2D eigenvalue weighted by Crippen LogP contribution is -2.16. The van der Waals surface area contributed by atoms with Crippen LogP contribution >= 0.6 is 15.9 Å². The van der Waals surface area contributed by atoms with Gasteiger partial charge < -0.3 is 9.88 Å². The number of pyridine rings is 1. The number of hydrogen-bond acceptors (Lipinski definition) is 2. The Hall–Kier alpha value is -1.62. The second-order valence-electron chi connectivity index (χ2n) is 4.82. The van der Waals surface area contributed by atoms with Crippen LogP contribution in [0.2, 0.25) is 0 Å². The maximum atomic E-state index is 12.3. The Bertz CT molecular complexity index is 631. The highest BCUT2D eigenvalue weighted by molar-refractivity contribution is 9.10. The summed E-state index contributed by atoms with van der Waals surface area (Å²) in [6, 6.07) is 6.00. The van der Waals surface area contributed by atoms with Crippen molar-refractivity contribution in [3.05, 3.63) is 46.5 Å². The summed E-state index contributed by atoms with van der Waals surface area (Å²) < 4.78 is 2.99. The Kier molecular flexibility index (Phi) is 3.14. The van der Waals surface area contributed by atoms with Gasteiger partial charge in [0.1, 0.15) is 5.69 Å². The van der Waals surface area contributed by atoms with Gasteiger partial charge in [-0.3, -0.25) is 9.78 Å². The quantitative estimate of drug-likeness (QED) is 0.940. The number of amides is 1. The van der Waals surface area contributed by atoms with Gasteiger partial charge in [0, 0.05) is 34.3 Å². The van der Waals surface area contributed by atoms with E-state index < -0.39 is 0 Å². The molecule has 4 nitrogen and oxygen atoms in total. The van der Waals surface area contributed by atoms with E-state index in [2.05, 4.69) is 26.2 Å². The molecule has 5 heteroatoms. The third kappa shape index (κ3) is 2.71. The average Bonchev–Trinajstić information content (AvgIpc) is 3.12. The molecule has 3 rings (SSSR count). The summed E-state index contributed by atoms with van der Waals surface area (Å²) in [7, 11) is 0. The van der Waals surface area contributed by atoms with Gasteiger partial charge in [0.15, 0.2) is 0 Å². The molecule has 1 saturated carbocycles. The Morgan fingerprint density at radius 1 is 1.47 bits per heavy atom. The molecule has 0 bridgehead atoms. The van der Waals surface area contributed by atoms with Crippen molar-refractivity contribution in [2.45, 2.75) is 25.8 Å². The van der Waals surface area contributed by atoms with Crippen molar-refractivity contribution >= 4 is 27.5 Å². The van der Waals surface area contributed by atoms with E-state index in [0.29, 0.717) is 11.7 Å². The molecule has 1 fully saturated rings. The molecule has 0 aromatic carbocycles. The molecule has 2 aromatic rings. The molecule has 0 radical (unpaired) electrons. The van der Waals surface area contributed by atoms with E-state index in [4.69, 9.17) is 0 Å². The molecule has 98 valence electrons. The molecule has 19 heavy (non-hydrogen) atoms. The number of aryl methyl sites for hydroxylation is 1. The van der Waals surface area contributed by atoms with E-state index in [1.807, 2.05) is 29.8 Å². The fourth-order valence-electron chi connectivity index (χ4n) is 2.10. The summed E-state index contributed by atoms with van der Waals surface area (Å²) in [4.78, 5) is 16.4. The lowest BCUT2D eigenvalue weighted by molar-refractivity contribution is 0.101. The Labute approximate surface area is 120 Å². The summed E-state index contributed by atoms with van der Waals surface area (Å²) in [6.07, 6.45) is 5.97. The SMILES string of the molecule is Cc1cc(NC(=O)c2cc(Br)cn2C2CC2)ccn1. The van der Waals surface area contributed by atoms with Crippen molar-refractivity contribution in [1.82, 2.24) is 9.55 Å². The second kappa shape index (κ2) is 4.81. The zero-order valence-electron chi connectivity index (χ0n) is 10.6. The normalized spacial score (nSPS) is 14.4. The van der Waals surface area contributed by atoms with Crippen LogP contribution in [-0.2, 0) is 0 Å². The first-order chi connectivity index (χ1) is 9.13. The van der Waals surface area contributed by atoms with Crippen LogP contribution in [0.5, 0.6) is 0 Å². The van der Waals surface area contributed by atoms with E-state index in [0.717, 1.165) is 28.7 Å². The summed E-state index contributed by atoms with van der Waals surface area (Å²) in [5.74, 6) is -0.0804. The third-order valence-electron chi connectivity index (χ3n) is 3.14. The van der Waals surface area contributed by atoms with Crippen LogP contribution in [-0.4, -0.2) is 15.5 Å². The Morgan fingerprint density at radius 3 is 2.95 bits per heavy atom. The number of anilines is 1. The average molecular weight is 320 g/mol. The van der Waals surface area contributed by atoms with E-state index in [1.54, 1.807) is 12.3 Å². The minimum absolute atomic E-state index is 0.0804. The first kappa shape index (κ1) is 12.4. The van der Waals surface area contributed by atoms with E-state index in [1.165, 1.54) is 0 Å². The highest BCUT2D eigenvalue weighted by Crippen LogP contribution is 2.37. The predicted octanol–water partition coefficient (Wildman–Crippen LogP) is 3.54. The Morgan fingerprint density at radius 2 is 2.26 bits per heavy atom. The number of carbonyl (C=O) groups excluding carboxylic acids is 1. The van der Waals surface area contributed by atoms with Gasteiger partial charge in [-0.05, 0) is 53.9 Å². The first-order valence-electron chi connectivity index (χ1n) is 6.25. The minimum atomic E-state index is -0.0804. The maximum Gasteiger partial charge on any atom is 0.272 e. The van der Waals surface area contributed by atoms with Crippen LogP contribution < -0.4 is 5.32 Å². The van der Waals surface area contributed by atoms with Crippen LogP contribution in [0, 0.1) is 6.92 Å². The third-order valence-corrected chi connectivity index (χ3v) is 3.58. The van der Waals surface area contributed by atoms with Gasteiger partial charge in [0.25, 0.3) is 5.91 Å². The molecule has 0 unspecified atom stereocenters. The van der Waals surface area contributed by atoms with Crippen molar-refractivity contribution in [3.8, 4) is 0 Å². The van der Waals surface area contributed by atoms with Crippen LogP contribution in [0.25, 0.3) is 0 Å². The molecule has 0 aliphatic heterocycles. The van der Waals surface area contributed by atoms with Crippen LogP contribution in [0.15, 0.2) is 35.1 Å². The molecule has 1 aliphatic rings. The Balaban J connectivity index is 1.84. The minimum Gasteiger partial charge on any atom is -0.339 e. The van der Waals surface area contributed by atoms with Crippen LogP contribution in [0.3, 0.4) is 0 Å². The molecule has 2 aromatic heterocycles. The zero-order chi connectivity index (χ0) is 13.4. The van der Waals surface area contributed by atoms with Gasteiger partial charge in [0.05, 0.1) is 0 Å². The topological polar surface area (TPSA) is 46.9 Å². The van der Waals surface area contributed by atoms with Crippen molar-refractivity contribution in [1.29, 1.82) is 0 Å². The predicted molar refractivity (Wildman–Crippen MR) is 77.3 cm³/mol. The van der Waals surface area contributed by atoms with Crippen molar-refractivity contribution in [2.75, 3.05) is 5.32 Å². The van der Waals surface area contributed by atoms with E-state index in [-0.39, 0.29) is 5.91 Å². The molecule has 2 heterocycles. The molecule has 0 saturated heterocycles. The largest absolute Gasteiger partial charge is 0.339 e. The molecule has 0 atom stereocenters. The molecule has 1 N–H and O–H groups in total. The fraction of sp³-hybridized carbons (Fsp3) is 0.286. The number of aromatic nitrogens is 2. The highest BCUT2D eigenvalue weighted by Gasteiger charge is 2.27. The van der Waals surface area contributed by atoms with Gasteiger partial charge in [-0.15, -0.1) is 0 Å². The van der Waals surface area contributed by atoms with E-state index >= 15 is 0 Å². The van der Waals surface area contributed by atoms with Gasteiger partial charge in [0.2, 0.25) is 0 Å². The molecular weight excluding hydrogens is 306 g/mol. The van der Waals surface area contributed by atoms with Crippen LogP contribution in [0.4, 0.5) is 5.69 Å². The number of nitrogens with one attached hydrogen (secondary N) is 1. The number of halogens is 1. The van der Waals surface area contributed by atoms with E-state index in [9.17, 15) is 4.79 Å². The molecular formula is C14H14BrN3O. The smallest absolute Gasteiger partial charge is 0.272 e. The fourth-order valence-corrected chi connectivity index (χ4v) is 2.54. The number of carbonyl (C=O) groups is 1. The number of hydrogen-bond donors (Lipinski definition) is 1. The summed E-state index contributed by atoms with van der Waals surface area (Å²) in [5.41, 5.74) is 2.36. The summed E-state index contributed by atoms with van der Waals surface area (Å²) >= 11 is 3.43. The lowest BCUT2D eigenvalue weighted by atomic mass is 10.3. The van der Waals surface area contributed by atoms with Crippen molar-refractivity contribution in [2.24, 2.45) is 0 Å². The van der Waals surface area contributed by atoms with Gasteiger partial charge in [-0.1, -0.05) is 0 Å². The van der Waals surface area contributed by atoms with Crippen LogP contribution in [0.1, 0.15) is 35.1 Å². The van der Waals surface area contributed by atoms with Crippen molar-refractivity contribution < 1.29 is 4.79 Å². The summed E-state index contributed by atoms with van der Waals surface area (Å²) in [6.45, 7) is 1.90. The monoisotopic (exact) mass is 319 g/mol. The number of nitrogens with zero attached hydrogens (tertiary/aromatic N) is 2. The van der Waals surface area contributed by atoms with Gasteiger partial charge >= 0.3 is 0 Å². The molecule has 1 amide bonds. The highest BCUT2D eigenvalue weighted by atomic mass is 79.9. The summed E-state index contributed by atoms with van der Waals surface area (Å²) in [5, 5.41) is 2.91. The van der Waals surface area contributed by atoms with Gasteiger partial charge in [-0.2, -0.15) is 0 Å².